The third-order valence-corrected chi connectivity index (χ3v) is 8.10. The minimum atomic E-state index is -0.733. The normalized spacial score (nSPS) is 21.4. The van der Waals surface area contributed by atoms with Crippen LogP contribution >= 0.6 is 11.3 Å². The smallest absolute Gasteiger partial charge is 0.257 e. The third kappa shape index (κ3) is 7.20. The highest BCUT2D eigenvalue weighted by atomic mass is 32.1. The van der Waals surface area contributed by atoms with Crippen molar-refractivity contribution in [3.8, 4) is 0 Å². The highest BCUT2D eigenvalue weighted by Gasteiger charge is 2.37. The molecule has 2 aliphatic rings. The van der Waals surface area contributed by atoms with E-state index in [1.54, 1.807) is 12.1 Å². The summed E-state index contributed by atoms with van der Waals surface area (Å²) in [4.78, 5) is 60.3. The maximum Gasteiger partial charge on any atom is 0.257 e. The van der Waals surface area contributed by atoms with E-state index in [2.05, 4.69) is 15.6 Å². The largest absolute Gasteiger partial charge is 0.355 e. The molecule has 2 bridgehead atoms. The van der Waals surface area contributed by atoms with Gasteiger partial charge in [0.15, 0.2) is 0 Å². The van der Waals surface area contributed by atoms with Crippen molar-refractivity contribution >= 4 is 35.0 Å². The van der Waals surface area contributed by atoms with E-state index in [0.717, 1.165) is 10.6 Å². The van der Waals surface area contributed by atoms with Crippen molar-refractivity contribution in [2.45, 2.75) is 65.0 Å². The zero-order chi connectivity index (χ0) is 28.1. The number of hydrogen-bond acceptors (Lipinski definition) is 6. The topological polar surface area (TPSA) is 112 Å². The quantitative estimate of drug-likeness (QED) is 0.602. The first-order valence-electron chi connectivity index (χ1n) is 13.5. The summed E-state index contributed by atoms with van der Waals surface area (Å²) < 4.78 is 14.7. The Labute approximate surface area is 232 Å². The fourth-order valence-electron chi connectivity index (χ4n) is 5.03. The van der Waals surface area contributed by atoms with E-state index < -0.39 is 23.8 Å². The molecule has 1 aromatic carbocycles. The number of benzene rings is 1. The lowest BCUT2D eigenvalue weighted by Gasteiger charge is -2.32. The Kier molecular flexibility index (Phi) is 9.32. The van der Waals surface area contributed by atoms with Crippen LogP contribution in [-0.2, 0) is 27.2 Å². The van der Waals surface area contributed by atoms with Gasteiger partial charge in [0.2, 0.25) is 17.7 Å². The van der Waals surface area contributed by atoms with Crippen molar-refractivity contribution in [1.29, 1.82) is 0 Å². The molecule has 0 saturated carbocycles. The van der Waals surface area contributed by atoms with Gasteiger partial charge in [-0.15, -0.1) is 11.3 Å². The molecule has 4 amide bonds. The standard InChI is InChI=1S/C28H36FN5O4S/c1-17(2)23-14-33(26(36)13-20-16-39-18(3)31-20)15-25(35)30-10-4-6-19-8-9-22(29)21(12-19)28(38)34-11-5-7-24(34)27(37)32-23/h8-9,12,16-17,23-24H,4-7,10-11,13-15H2,1-3H3,(H,30,35)(H,32,37)/t23-,24-/m0/s1. The molecule has 3 heterocycles. The molecule has 2 atom stereocenters. The van der Waals surface area contributed by atoms with Crippen LogP contribution in [0.4, 0.5) is 4.39 Å². The highest BCUT2D eigenvalue weighted by molar-refractivity contribution is 7.09. The van der Waals surface area contributed by atoms with Crippen LogP contribution in [0.1, 0.15) is 59.7 Å². The number of carbonyl (C=O) groups excluding carboxylic acids is 4. The minimum Gasteiger partial charge on any atom is -0.355 e. The number of nitrogens with zero attached hydrogens (tertiary/aromatic N) is 3. The summed E-state index contributed by atoms with van der Waals surface area (Å²) in [6.45, 7) is 6.45. The van der Waals surface area contributed by atoms with E-state index >= 15 is 0 Å². The van der Waals surface area contributed by atoms with Crippen molar-refractivity contribution in [1.82, 2.24) is 25.4 Å². The predicted molar refractivity (Wildman–Crippen MR) is 146 cm³/mol. The second-order valence-electron chi connectivity index (χ2n) is 10.6. The van der Waals surface area contributed by atoms with Gasteiger partial charge in [0, 0.05) is 31.1 Å². The van der Waals surface area contributed by atoms with Gasteiger partial charge < -0.3 is 20.4 Å². The van der Waals surface area contributed by atoms with E-state index in [-0.39, 0.29) is 48.7 Å². The Bertz CT molecular complexity index is 1230. The number of carbonyl (C=O) groups is 4. The van der Waals surface area contributed by atoms with Crippen LogP contribution in [0.3, 0.4) is 0 Å². The summed E-state index contributed by atoms with van der Waals surface area (Å²) in [6, 6.07) is 3.26. The van der Waals surface area contributed by atoms with Gasteiger partial charge >= 0.3 is 0 Å². The van der Waals surface area contributed by atoms with Gasteiger partial charge in [-0.2, -0.15) is 0 Å². The first-order valence-corrected chi connectivity index (χ1v) is 14.4. The van der Waals surface area contributed by atoms with Gasteiger partial charge in [0.05, 0.1) is 29.2 Å². The molecule has 210 valence electrons. The van der Waals surface area contributed by atoms with Gasteiger partial charge in [-0.25, -0.2) is 9.37 Å². The molecule has 11 heteroatoms. The molecule has 2 aliphatic heterocycles. The molecule has 2 N–H and O–H groups in total. The minimum absolute atomic E-state index is 0.0463. The number of amides is 4. The second-order valence-corrected chi connectivity index (χ2v) is 11.7. The number of halogens is 1. The Hall–Kier alpha value is -3.34. The number of fused-ring (bicyclic) bond motifs is 3. The fourth-order valence-corrected chi connectivity index (χ4v) is 5.64. The van der Waals surface area contributed by atoms with Gasteiger partial charge in [-0.05, 0) is 56.2 Å². The maximum absolute atomic E-state index is 14.7. The zero-order valence-corrected chi connectivity index (χ0v) is 23.5. The summed E-state index contributed by atoms with van der Waals surface area (Å²) in [5, 5.41) is 8.57. The lowest BCUT2D eigenvalue weighted by molar-refractivity contribution is -0.136. The summed E-state index contributed by atoms with van der Waals surface area (Å²) in [6.07, 6.45) is 2.28. The first-order chi connectivity index (χ1) is 18.6. The zero-order valence-electron chi connectivity index (χ0n) is 22.7. The van der Waals surface area contributed by atoms with Crippen molar-refractivity contribution in [2.75, 3.05) is 26.2 Å². The van der Waals surface area contributed by atoms with Crippen molar-refractivity contribution in [3.05, 3.63) is 51.2 Å². The Morgan fingerprint density at radius 1 is 1.23 bits per heavy atom. The summed E-state index contributed by atoms with van der Waals surface area (Å²) >= 11 is 1.46. The van der Waals surface area contributed by atoms with E-state index in [1.807, 2.05) is 26.2 Å². The molecule has 9 nitrogen and oxygen atoms in total. The van der Waals surface area contributed by atoms with Crippen LogP contribution in [0, 0.1) is 18.7 Å². The molecule has 39 heavy (non-hydrogen) atoms. The van der Waals surface area contributed by atoms with Gasteiger partial charge in [-0.1, -0.05) is 19.9 Å². The number of rotatable bonds is 3. The molecule has 1 saturated heterocycles. The molecule has 0 radical (unpaired) electrons. The number of hydrogen-bond donors (Lipinski definition) is 2. The predicted octanol–water partition coefficient (Wildman–Crippen LogP) is 2.47. The molecular formula is C28H36FN5O4S. The van der Waals surface area contributed by atoms with Crippen LogP contribution in [0.25, 0.3) is 0 Å². The fraction of sp³-hybridized carbons (Fsp3) is 0.536. The second kappa shape index (κ2) is 12.7. The summed E-state index contributed by atoms with van der Waals surface area (Å²) in [7, 11) is 0. The maximum atomic E-state index is 14.7. The SMILES string of the molecule is Cc1nc(CC(=O)N2CC(=O)NCCCc3ccc(F)c(c3)C(=O)N3CCC[C@H]3C(=O)N[C@H](C(C)C)C2)cs1. The number of thiazole rings is 1. The van der Waals surface area contributed by atoms with E-state index in [9.17, 15) is 23.6 Å². The number of aryl methyl sites for hydroxylation is 2. The average molecular weight is 558 g/mol. The molecule has 0 spiro atoms. The summed E-state index contributed by atoms with van der Waals surface area (Å²) in [5.74, 6) is -2.07. The van der Waals surface area contributed by atoms with E-state index in [4.69, 9.17) is 0 Å². The molecule has 1 fully saturated rings. The monoisotopic (exact) mass is 557 g/mol. The van der Waals surface area contributed by atoms with Crippen LogP contribution in [-0.4, -0.2) is 76.7 Å². The molecular weight excluding hydrogens is 521 g/mol. The molecule has 0 aliphatic carbocycles. The average Bonchev–Trinajstić information content (AvgIpc) is 3.54. The van der Waals surface area contributed by atoms with Gasteiger partial charge in [0.1, 0.15) is 11.9 Å². The Morgan fingerprint density at radius 2 is 2.03 bits per heavy atom. The number of nitrogens with one attached hydrogen (secondary N) is 2. The Morgan fingerprint density at radius 3 is 2.74 bits per heavy atom. The van der Waals surface area contributed by atoms with Crippen LogP contribution in [0.15, 0.2) is 23.6 Å². The molecule has 4 rings (SSSR count). The van der Waals surface area contributed by atoms with Crippen LogP contribution < -0.4 is 10.6 Å². The van der Waals surface area contributed by atoms with Gasteiger partial charge in [-0.3, -0.25) is 19.2 Å². The molecule has 2 aromatic rings. The summed E-state index contributed by atoms with van der Waals surface area (Å²) in [5.41, 5.74) is 1.37. The van der Waals surface area contributed by atoms with Gasteiger partial charge in [0.25, 0.3) is 5.91 Å². The van der Waals surface area contributed by atoms with Crippen LogP contribution in [0.5, 0.6) is 0 Å². The number of aromatic nitrogens is 1. The van der Waals surface area contributed by atoms with Crippen molar-refractivity contribution < 1.29 is 23.6 Å². The van der Waals surface area contributed by atoms with Crippen molar-refractivity contribution in [2.24, 2.45) is 5.92 Å². The Balaban J connectivity index is 1.61. The first kappa shape index (κ1) is 28.7. The van der Waals surface area contributed by atoms with Crippen molar-refractivity contribution in [3.63, 3.8) is 0 Å². The third-order valence-electron chi connectivity index (χ3n) is 7.28. The lowest BCUT2D eigenvalue weighted by atomic mass is 10.0. The molecule has 0 unspecified atom stereocenters. The highest BCUT2D eigenvalue weighted by Crippen LogP contribution is 2.23. The lowest BCUT2D eigenvalue weighted by Crippen LogP contribution is -2.55. The molecule has 1 aromatic heterocycles. The van der Waals surface area contributed by atoms with Crippen LogP contribution in [0.2, 0.25) is 0 Å². The van der Waals surface area contributed by atoms with E-state index in [1.165, 1.54) is 27.2 Å². The van der Waals surface area contributed by atoms with E-state index in [0.29, 0.717) is 44.5 Å².